The average molecular weight is 290 g/mol. The van der Waals surface area contributed by atoms with Gasteiger partial charge in [-0.3, -0.25) is 4.79 Å². The minimum Gasteiger partial charge on any atom is -0.388 e. The van der Waals surface area contributed by atoms with Crippen molar-refractivity contribution >= 4 is 5.91 Å². The molecule has 1 saturated carbocycles. The van der Waals surface area contributed by atoms with Gasteiger partial charge in [0, 0.05) is 6.54 Å². The largest absolute Gasteiger partial charge is 0.388 e. The molecule has 1 unspecified atom stereocenters. The first-order valence-corrected chi connectivity index (χ1v) is 7.85. The number of carbonyl (C=O) groups excluding carboxylic acids is 1. The third-order valence-electron chi connectivity index (χ3n) is 4.65. The van der Waals surface area contributed by atoms with Crippen molar-refractivity contribution in [3.8, 4) is 0 Å². The summed E-state index contributed by atoms with van der Waals surface area (Å²) in [6.45, 7) is 2.48. The Balaban J connectivity index is 1.84. The third-order valence-corrected chi connectivity index (χ3v) is 4.65. The molecule has 21 heavy (non-hydrogen) atoms. The number of aliphatic hydroxyl groups is 1. The van der Waals surface area contributed by atoms with E-state index in [0.717, 1.165) is 31.2 Å². The fourth-order valence-electron chi connectivity index (χ4n) is 2.97. The van der Waals surface area contributed by atoms with Crippen LogP contribution in [0, 0.1) is 5.92 Å². The quantitative estimate of drug-likeness (QED) is 0.777. The van der Waals surface area contributed by atoms with E-state index in [2.05, 4.69) is 12.2 Å². The Labute approximate surface area is 126 Å². The lowest BCUT2D eigenvalue weighted by Crippen LogP contribution is -2.47. The third kappa shape index (κ3) is 4.29. The number of nitrogens with one attached hydrogen (secondary N) is 1. The molecular weight excluding hydrogens is 264 g/mol. The number of carbonyl (C=O) groups is 1. The first-order chi connectivity index (χ1) is 10.0. The van der Waals surface area contributed by atoms with Crippen LogP contribution < -0.4 is 11.1 Å². The zero-order valence-electron chi connectivity index (χ0n) is 12.7. The first kappa shape index (κ1) is 16.0. The highest BCUT2D eigenvalue weighted by Crippen LogP contribution is 2.33. The van der Waals surface area contributed by atoms with Crippen LogP contribution >= 0.6 is 0 Å². The van der Waals surface area contributed by atoms with Crippen LogP contribution in [0.25, 0.3) is 0 Å². The van der Waals surface area contributed by atoms with Gasteiger partial charge in [0.2, 0.25) is 5.91 Å². The molecule has 0 aliphatic heterocycles. The zero-order valence-corrected chi connectivity index (χ0v) is 12.7. The van der Waals surface area contributed by atoms with Gasteiger partial charge in [-0.2, -0.15) is 0 Å². The molecule has 0 spiro atoms. The number of nitrogens with two attached hydrogens (primary N) is 1. The van der Waals surface area contributed by atoms with Crippen molar-refractivity contribution in [2.75, 3.05) is 6.54 Å². The van der Waals surface area contributed by atoms with E-state index in [1.807, 2.05) is 30.3 Å². The van der Waals surface area contributed by atoms with E-state index in [-0.39, 0.29) is 5.91 Å². The van der Waals surface area contributed by atoms with Crippen molar-refractivity contribution in [1.29, 1.82) is 0 Å². The van der Waals surface area contributed by atoms with Crippen molar-refractivity contribution in [3.63, 3.8) is 0 Å². The molecule has 4 N–H and O–H groups in total. The normalized spacial score (nSPS) is 27.1. The summed E-state index contributed by atoms with van der Waals surface area (Å²) in [5, 5.41) is 13.3. The van der Waals surface area contributed by atoms with Crippen molar-refractivity contribution < 1.29 is 9.90 Å². The maximum atomic E-state index is 12.1. The molecule has 0 heterocycles. The SMILES string of the molecule is CCC1CCC(O)(CNC(=O)C(N)c2ccccc2)CC1. The molecule has 1 aromatic carbocycles. The molecule has 1 aliphatic rings. The van der Waals surface area contributed by atoms with Gasteiger partial charge in [0.25, 0.3) is 0 Å². The molecule has 116 valence electrons. The summed E-state index contributed by atoms with van der Waals surface area (Å²) in [6, 6.07) is 8.62. The standard InChI is InChI=1S/C17H26N2O2/c1-2-13-8-10-17(21,11-9-13)12-19-16(20)15(18)14-6-4-3-5-7-14/h3-7,13,15,21H,2,8-12,18H2,1H3,(H,19,20). The van der Waals surface area contributed by atoms with Crippen molar-refractivity contribution in [1.82, 2.24) is 5.32 Å². The molecule has 1 atom stereocenters. The number of hydrogen-bond acceptors (Lipinski definition) is 3. The van der Waals surface area contributed by atoms with Crippen molar-refractivity contribution in [2.24, 2.45) is 11.7 Å². The Morgan fingerprint density at radius 2 is 2.00 bits per heavy atom. The van der Waals surface area contributed by atoms with E-state index in [1.54, 1.807) is 0 Å². The molecular formula is C17H26N2O2. The second-order valence-corrected chi connectivity index (χ2v) is 6.18. The lowest BCUT2D eigenvalue weighted by Gasteiger charge is -2.36. The smallest absolute Gasteiger partial charge is 0.241 e. The average Bonchev–Trinajstić information content (AvgIpc) is 2.53. The Hall–Kier alpha value is -1.39. The van der Waals surface area contributed by atoms with Crippen LogP contribution in [-0.2, 0) is 4.79 Å². The van der Waals surface area contributed by atoms with E-state index in [4.69, 9.17) is 5.73 Å². The predicted molar refractivity (Wildman–Crippen MR) is 83.6 cm³/mol. The van der Waals surface area contributed by atoms with Crippen molar-refractivity contribution in [3.05, 3.63) is 35.9 Å². The van der Waals surface area contributed by atoms with Gasteiger partial charge in [0.15, 0.2) is 0 Å². The van der Waals surface area contributed by atoms with Gasteiger partial charge in [-0.05, 0) is 37.2 Å². The van der Waals surface area contributed by atoms with E-state index in [9.17, 15) is 9.90 Å². The molecule has 1 aliphatic carbocycles. The summed E-state index contributed by atoms with van der Waals surface area (Å²) in [5.74, 6) is 0.486. The van der Waals surface area contributed by atoms with Crippen LogP contribution in [0.4, 0.5) is 0 Å². The van der Waals surface area contributed by atoms with Crippen LogP contribution in [0.5, 0.6) is 0 Å². The van der Waals surface area contributed by atoms with E-state index in [1.165, 1.54) is 6.42 Å². The first-order valence-electron chi connectivity index (χ1n) is 7.85. The molecule has 1 amide bonds. The minimum absolute atomic E-state index is 0.229. The Kier molecular flexibility index (Phi) is 5.37. The lowest BCUT2D eigenvalue weighted by atomic mass is 9.78. The molecule has 1 aromatic rings. The summed E-state index contributed by atoms with van der Waals surface area (Å²) >= 11 is 0. The van der Waals surface area contributed by atoms with E-state index < -0.39 is 11.6 Å². The number of amides is 1. The number of rotatable bonds is 5. The second-order valence-electron chi connectivity index (χ2n) is 6.18. The minimum atomic E-state index is -0.766. The Bertz CT molecular complexity index is 453. The van der Waals surface area contributed by atoms with E-state index >= 15 is 0 Å². The van der Waals surface area contributed by atoms with Gasteiger partial charge in [0.05, 0.1) is 5.60 Å². The van der Waals surface area contributed by atoms with Gasteiger partial charge >= 0.3 is 0 Å². The molecule has 0 radical (unpaired) electrons. The monoisotopic (exact) mass is 290 g/mol. The molecule has 0 aromatic heterocycles. The van der Waals surface area contributed by atoms with Crippen LogP contribution in [0.15, 0.2) is 30.3 Å². The van der Waals surface area contributed by atoms with Crippen molar-refractivity contribution in [2.45, 2.75) is 50.7 Å². The topological polar surface area (TPSA) is 75.3 Å². The van der Waals surface area contributed by atoms with E-state index in [0.29, 0.717) is 12.5 Å². The molecule has 0 bridgehead atoms. The predicted octanol–water partition coefficient (Wildman–Crippen LogP) is 2.13. The highest BCUT2D eigenvalue weighted by Gasteiger charge is 2.33. The molecule has 1 fully saturated rings. The fraction of sp³-hybridized carbons (Fsp3) is 0.588. The van der Waals surface area contributed by atoms with Crippen LogP contribution in [0.3, 0.4) is 0 Å². The highest BCUT2D eigenvalue weighted by molar-refractivity contribution is 5.82. The maximum absolute atomic E-state index is 12.1. The fourth-order valence-corrected chi connectivity index (χ4v) is 2.97. The van der Waals surface area contributed by atoms with Gasteiger partial charge in [0.1, 0.15) is 6.04 Å². The van der Waals surface area contributed by atoms with Gasteiger partial charge in [-0.15, -0.1) is 0 Å². The summed E-state index contributed by atoms with van der Waals surface area (Å²) in [6.07, 6.45) is 4.75. The molecule has 4 heteroatoms. The number of hydrogen-bond donors (Lipinski definition) is 3. The molecule has 2 rings (SSSR count). The summed E-state index contributed by atoms with van der Waals surface area (Å²) in [4.78, 5) is 12.1. The summed E-state index contributed by atoms with van der Waals surface area (Å²) in [7, 11) is 0. The number of benzene rings is 1. The summed E-state index contributed by atoms with van der Waals surface area (Å²) < 4.78 is 0. The zero-order chi connectivity index (χ0) is 15.3. The molecule has 0 saturated heterocycles. The van der Waals surface area contributed by atoms with Gasteiger partial charge < -0.3 is 16.2 Å². The maximum Gasteiger partial charge on any atom is 0.241 e. The Morgan fingerprint density at radius 1 is 1.38 bits per heavy atom. The van der Waals surface area contributed by atoms with Crippen LogP contribution in [0.2, 0.25) is 0 Å². The highest BCUT2D eigenvalue weighted by atomic mass is 16.3. The molecule has 4 nitrogen and oxygen atoms in total. The Morgan fingerprint density at radius 3 is 2.57 bits per heavy atom. The second kappa shape index (κ2) is 7.05. The van der Waals surface area contributed by atoms with Gasteiger partial charge in [-0.25, -0.2) is 0 Å². The van der Waals surface area contributed by atoms with Crippen LogP contribution in [-0.4, -0.2) is 23.2 Å². The van der Waals surface area contributed by atoms with Gasteiger partial charge in [-0.1, -0.05) is 43.7 Å². The lowest BCUT2D eigenvalue weighted by molar-refractivity contribution is -0.124. The van der Waals surface area contributed by atoms with Crippen LogP contribution in [0.1, 0.15) is 50.6 Å². The summed E-state index contributed by atoms with van der Waals surface area (Å²) in [5.41, 5.74) is 5.97.